The first-order valence-corrected chi connectivity index (χ1v) is 7.15. The SMILES string of the molecule is FC(F)(F)C1CCCN(Cc2sccc2Br)C1. The molecule has 0 aromatic carbocycles. The number of hydrogen-bond donors (Lipinski definition) is 0. The van der Waals surface area contributed by atoms with E-state index in [9.17, 15) is 13.2 Å². The molecule has 1 aromatic heterocycles. The molecule has 0 amide bonds. The van der Waals surface area contributed by atoms with E-state index in [1.54, 1.807) is 11.3 Å². The van der Waals surface area contributed by atoms with Crippen molar-refractivity contribution >= 4 is 27.3 Å². The second-order valence-electron chi connectivity index (χ2n) is 4.31. The molecule has 1 saturated heterocycles. The molecule has 1 unspecified atom stereocenters. The van der Waals surface area contributed by atoms with Gasteiger partial charge in [0.05, 0.1) is 5.92 Å². The summed E-state index contributed by atoms with van der Waals surface area (Å²) in [7, 11) is 0. The lowest BCUT2D eigenvalue weighted by Crippen LogP contribution is -2.41. The zero-order chi connectivity index (χ0) is 12.5. The quantitative estimate of drug-likeness (QED) is 0.783. The molecule has 17 heavy (non-hydrogen) atoms. The summed E-state index contributed by atoms with van der Waals surface area (Å²) >= 11 is 4.99. The van der Waals surface area contributed by atoms with Crippen LogP contribution in [0.25, 0.3) is 0 Å². The smallest absolute Gasteiger partial charge is 0.298 e. The fraction of sp³-hybridized carbons (Fsp3) is 0.636. The first-order valence-electron chi connectivity index (χ1n) is 5.48. The van der Waals surface area contributed by atoms with Crippen LogP contribution in [0.3, 0.4) is 0 Å². The van der Waals surface area contributed by atoms with Crippen LogP contribution in [0.15, 0.2) is 15.9 Å². The van der Waals surface area contributed by atoms with Crippen LogP contribution in [0.2, 0.25) is 0 Å². The molecule has 0 aliphatic carbocycles. The van der Waals surface area contributed by atoms with Gasteiger partial charge in [-0.3, -0.25) is 4.90 Å². The van der Waals surface area contributed by atoms with E-state index in [4.69, 9.17) is 0 Å². The predicted molar refractivity (Wildman–Crippen MR) is 66.1 cm³/mol. The van der Waals surface area contributed by atoms with Gasteiger partial charge in [0, 0.05) is 22.4 Å². The zero-order valence-electron chi connectivity index (χ0n) is 9.13. The molecule has 0 radical (unpaired) electrons. The summed E-state index contributed by atoms with van der Waals surface area (Å²) in [6.07, 6.45) is -3.15. The minimum absolute atomic E-state index is 0.133. The predicted octanol–water partition coefficient (Wildman–Crippen LogP) is 4.28. The lowest BCUT2D eigenvalue weighted by Gasteiger charge is -2.33. The summed E-state index contributed by atoms with van der Waals surface area (Å²) in [5, 5.41) is 1.95. The highest BCUT2D eigenvalue weighted by Crippen LogP contribution is 2.34. The number of piperidine rings is 1. The molecule has 96 valence electrons. The largest absolute Gasteiger partial charge is 0.393 e. The Morgan fingerprint density at radius 1 is 1.47 bits per heavy atom. The maximum absolute atomic E-state index is 12.6. The highest BCUT2D eigenvalue weighted by Gasteiger charge is 2.41. The number of hydrogen-bond acceptors (Lipinski definition) is 2. The van der Waals surface area contributed by atoms with Crippen LogP contribution in [0.1, 0.15) is 17.7 Å². The standard InChI is InChI=1S/C11H13BrF3NS/c12-9-3-5-17-10(9)7-16-4-1-2-8(6-16)11(13,14)15/h3,5,8H,1-2,4,6-7H2. The molecular weight excluding hydrogens is 315 g/mol. The molecule has 1 fully saturated rings. The van der Waals surface area contributed by atoms with Crippen LogP contribution < -0.4 is 0 Å². The summed E-state index contributed by atoms with van der Waals surface area (Å²) in [6, 6.07) is 1.94. The molecule has 0 bridgehead atoms. The maximum Gasteiger partial charge on any atom is 0.393 e. The lowest BCUT2D eigenvalue weighted by molar-refractivity contribution is -0.187. The summed E-state index contributed by atoms with van der Waals surface area (Å²) in [6.45, 7) is 1.51. The Morgan fingerprint density at radius 2 is 2.24 bits per heavy atom. The van der Waals surface area contributed by atoms with E-state index >= 15 is 0 Å². The number of alkyl halides is 3. The third-order valence-electron chi connectivity index (χ3n) is 3.03. The number of nitrogens with zero attached hydrogens (tertiary/aromatic N) is 1. The van der Waals surface area contributed by atoms with E-state index < -0.39 is 12.1 Å². The minimum Gasteiger partial charge on any atom is -0.298 e. The molecule has 1 atom stereocenters. The minimum atomic E-state index is -4.05. The van der Waals surface area contributed by atoms with Gasteiger partial charge in [-0.05, 0) is 46.8 Å². The average molecular weight is 328 g/mol. The van der Waals surface area contributed by atoms with Crippen molar-refractivity contribution in [3.05, 3.63) is 20.8 Å². The van der Waals surface area contributed by atoms with Gasteiger partial charge in [0.2, 0.25) is 0 Å². The molecule has 2 rings (SSSR count). The third kappa shape index (κ3) is 3.45. The second kappa shape index (κ2) is 5.28. The normalized spacial score (nSPS) is 22.9. The van der Waals surface area contributed by atoms with Gasteiger partial charge < -0.3 is 0 Å². The number of halogens is 4. The van der Waals surface area contributed by atoms with Crippen molar-refractivity contribution in [3.8, 4) is 0 Å². The van der Waals surface area contributed by atoms with E-state index in [0.29, 0.717) is 13.0 Å². The highest BCUT2D eigenvalue weighted by atomic mass is 79.9. The molecule has 1 aliphatic rings. The number of likely N-dealkylation sites (tertiary alicyclic amines) is 1. The summed E-state index contributed by atoms with van der Waals surface area (Å²) in [5.41, 5.74) is 0. The van der Waals surface area contributed by atoms with Crippen molar-refractivity contribution in [3.63, 3.8) is 0 Å². The molecule has 1 nitrogen and oxygen atoms in total. The van der Waals surface area contributed by atoms with Crippen molar-refractivity contribution in [2.75, 3.05) is 13.1 Å². The Bertz CT molecular complexity index is 377. The van der Waals surface area contributed by atoms with Gasteiger partial charge in [-0.1, -0.05) is 0 Å². The Morgan fingerprint density at radius 3 is 2.82 bits per heavy atom. The van der Waals surface area contributed by atoms with Crippen molar-refractivity contribution in [2.24, 2.45) is 5.92 Å². The van der Waals surface area contributed by atoms with Gasteiger partial charge in [0.25, 0.3) is 0 Å². The second-order valence-corrected chi connectivity index (χ2v) is 6.16. The van der Waals surface area contributed by atoms with Crippen LogP contribution in [-0.4, -0.2) is 24.2 Å². The monoisotopic (exact) mass is 327 g/mol. The van der Waals surface area contributed by atoms with Crippen molar-refractivity contribution in [1.29, 1.82) is 0 Å². The molecular formula is C11H13BrF3NS. The first-order chi connectivity index (χ1) is 7.97. The van der Waals surface area contributed by atoms with E-state index in [1.165, 1.54) is 0 Å². The number of thiophene rings is 1. The molecule has 0 N–H and O–H groups in total. The number of rotatable bonds is 2. The summed E-state index contributed by atoms with van der Waals surface area (Å²) < 4.78 is 38.9. The molecule has 0 spiro atoms. The van der Waals surface area contributed by atoms with Gasteiger partial charge in [-0.2, -0.15) is 13.2 Å². The van der Waals surface area contributed by atoms with E-state index in [-0.39, 0.29) is 13.0 Å². The van der Waals surface area contributed by atoms with E-state index in [1.807, 2.05) is 16.3 Å². The fourth-order valence-electron chi connectivity index (χ4n) is 2.11. The van der Waals surface area contributed by atoms with Crippen molar-refractivity contribution in [1.82, 2.24) is 4.90 Å². The molecule has 6 heteroatoms. The highest BCUT2D eigenvalue weighted by molar-refractivity contribution is 9.10. The Kier molecular flexibility index (Phi) is 4.15. The van der Waals surface area contributed by atoms with Crippen LogP contribution in [-0.2, 0) is 6.54 Å². The molecule has 0 saturated carbocycles. The van der Waals surface area contributed by atoms with E-state index in [2.05, 4.69) is 15.9 Å². The van der Waals surface area contributed by atoms with E-state index in [0.717, 1.165) is 15.9 Å². The molecule has 2 heterocycles. The fourth-order valence-corrected chi connectivity index (χ4v) is 3.63. The van der Waals surface area contributed by atoms with Crippen LogP contribution >= 0.6 is 27.3 Å². The average Bonchev–Trinajstić information content (AvgIpc) is 2.64. The first kappa shape index (κ1) is 13.4. The molecule has 1 aliphatic heterocycles. The molecule has 1 aromatic rings. The Labute approximate surface area is 111 Å². The van der Waals surface area contributed by atoms with Crippen LogP contribution in [0, 0.1) is 5.92 Å². The van der Waals surface area contributed by atoms with Gasteiger partial charge >= 0.3 is 6.18 Å². The topological polar surface area (TPSA) is 3.24 Å². The van der Waals surface area contributed by atoms with Gasteiger partial charge in [-0.25, -0.2) is 0 Å². The maximum atomic E-state index is 12.6. The van der Waals surface area contributed by atoms with Crippen LogP contribution in [0.4, 0.5) is 13.2 Å². The Hall–Kier alpha value is -0.0700. The van der Waals surface area contributed by atoms with Gasteiger partial charge in [0.15, 0.2) is 0 Å². The summed E-state index contributed by atoms with van der Waals surface area (Å²) in [5.74, 6) is -1.16. The van der Waals surface area contributed by atoms with Crippen molar-refractivity contribution < 1.29 is 13.2 Å². The zero-order valence-corrected chi connectivity index (χ0v) is 11.5. The third-order valence-corrected chi connectivity index (χ3v) is 4.94. The Balaban J connectivity index is 1.96. The lowest BCUT2D eigenvalue weighted by atomic mass is 9.97. The van der Waals surface area contributed by atoms with Gasteiger partial charge in [-0.15, -0.1) is 11.3 Å². The van der Waals surface area contributed by atoms with Gasteiger partial charge in [0.1, 0.15) is 0 Å². The van der Waals surface area contributed by atoms with Crippen molar-refractivity contribution in [2.45, 2.75) is 25.6 Å². The summed E-state index contributed by atoms with van der Waals surface area (Å²) in [4.78, 5) is 3.01. The van der Waals surface area contributed by atoms with Crippen LogP contribution in [0.5, 0.6) is 0 Å².